The van der Waals surface area contributed by atoms with Crippen molar-refractivity contribution in [2.75, 3.05) is 29.7 Å². The molecule has 0 atom stereocenters. The van der Waals surface area contributed by atoms with Crippen molar-refractivity contribution in [1.82, 2.24) is 0 Å². The Hall–Kier alpha value is -1.26. The largest absolute Gasteiger partial charge is 0.481 e. The van der Waals surface area contributed by atoms with Crippen LogP contribution in [0.4, 0.5) is 5.69 Å². The quantitative estimate of drug-likeness (QED) is 0.562. The van der Waals surface area contributed by atoms with E-state index in [-0.39, 0.29) is 18.6 Å². The molecule has 1 rings (SSSR count). The Morgan fingerprint density at radius 1 is 1.10 bits per heavy atom. The number of hydrogen-bond donors (Lipinski definition) is 1. The van der Waals surface area contributed by atoms with Gasteiger partial charge in [-0.05, 0) is 12.1 Å². The molecule has 0 aromatic heterocycles. The van der Waals surface area contributed by atoms with Crippen molar-refractivity contribution in [2.24, 2.45) is 0 Å². The third-order valence-corrected chi connectivity index (χ3v) is 3.15. The minimum Gasteiger partial charge on any atom is -0.481 e. The van der Waals surface area contributed by atoms with E-state index in [0.29, 0.717) is 30.4 Å². The fourth-order valence-electron chi connectivity index (χ4n) is 1.81. The Bertz CT molecular complexity index is 459. The van der Waals surface area contributed by atoms with E-state index in [1.807, 2.05) is 11.0 Å². The van der Waals surface area contributed by atoms with Gasteiger partial charge in [-0.1, -0.05) is 12.1 Å². The van der Waals surface area contributed by atoms with Gasteiger partial charge in [0.05, 0.1) is 6.42 Å². The molecule has 0 radical (unpaired) electrons. The van der Waals surface area contributed by atoms with Crippen LogP contribution in [0.2, 0.25) is 0 Å². The van der Waals surface area contributed by atoms with Gasteiger partial charge in [-0.25, -0.2) is 0 Å². The number of anilines is 1. The Morgan fingerprint density at radius 3 is 2.30 bits per heavy atom. The molecule has 0 aliphatic rings. The molecule has 0 unspecified atom stereocenters. The van der Waals surface area contributed by atoms with Gasteiger partial charge in [0.15, 0.2) is 5.78 Å². The van der Waals surface area contributed by atoms with Crippen molar-refractivity contribution in [3.05, 3.63) is 29.8 Å². The van der Waals surface area contributed by atoms with Crippen LogP contribution in [0.15, 0.2) is 24.3 Å². The zero-order valence-electron chi connectivity index (χ0n) is 11.0. The van der Waals surface area contributed by atoms with Crippen molar-refractivity contribution in [2.45, 2.75) is 12.8 Å². The van der Waals surface area contributed by atoms with E-state index in [2.05, 4.69) is 0 Å². The first-order valence-corrected chi connectivity index (χ1v) is 7.37. The highest BCUT2D eigenvalue weighted by atomic mass is 35.5. The highest BCUT2D eigenvalue weighted by Gasteiger charge is 2.11. The Labute approximate surface area is 128 Å². The average molecular weight is 318 g/mol. The van der Waals surface area contributed by atoms with Crippen LogP contribution in [-0.2, 0) is 4.79 Å². The summed E-state index contributed by atoms with van der Waals surface area (Å²) in [6.07, 6.45) is -0.153. The highest BCUT2D eigenvalue weighted by Crippen LogP contribution is 2.18. The lowest BCUT2D eigenvalue weighted by Crippen LogP contribution is -2.27. The van der Waals surface area contributed by atoms with Crippen LogP contribution in [-0.4, -0.2) is 41.7 Å². The first-order valence-electron chi connectivity index (χ1n) is 6.30. The van der Waals surface area contributed by atoms with E-state index in [1.165, 1.54) is 0 Å². The first kappa shape index (κ1) is 16.8. The van der Waals surface area contributed by atoms with Crippen molar-refractivity contribution in [3.63, 3.8) is 0 Å². The van der Waals surface area contributed by atoms with Crippen molar-refractivity contribution in [1.29, 1.82) is 0 Å². The Kier molecular flexibility index (Phi) is 7.41. The molecular weight excluding hydrogens is 301 g/mol. The molecule has 4 nitrogen and oxygen atoms in total. The monoisotopic (exact) mass is 317 g/mol. The number of carboxylic acid groups (broad SMARTS) is 1. The zero-order chi connectivity index (χ0) is 15.0. The van der Waals surface area contributed by atoms with E-state index >= 15 is 0 Å². The summed E-state index contributed by atoms with van der Waals surface area (Å²) in [7, 11) is 0. The van der Waals surface area contributed by atoms with Gasteiger partial charge >= 0.3 is 5.97 Å². The molecule has 0 heterocycles. The number of Topliss-reactive ketones (excluding diaryl/α,β-unsaturated/α-hetero) is 1. The SMILES string of the molecule is O=C(O)CCC(=O)c1cccc(N(CCCl)CCCl)c1. The second-order valence-corrected chi connectivity index (χ2v) is 4.99. The van der Waals surface area contributed by atoms with Crippen LogP contribution < -0.4 is 4.90 Å². The number of alkyl halides is 2. The third kappa shape index (κ3) is 5.39. The highest BCUT2D eigenvalue weighted by molar-refractivity contribution is 6.18. The summed E-state index contributed by atoms with van der Waals surface area (Å²) in [5.41, 5.74) is 1.38. The van der Waals surface area contributed by atoms with E-state index < -0.39 is 5.97 Å². The number of halogens is 2. The predicted octanol–water partition coefficient (Wildman–Crippen LogP) is 3.02. The fourth-order valence-corrected chi connectivity index (χ4v) is 2.22. The third-order valence-electron chi connectivity index (χ3n) is 2.81. The van der Waals surface area contributed by atoms with Gasteiger partial charge in [0.1, 0.15) is 0 Å². The van der Waals surface area contributed by atoms with Gasteiger partial charge in [0, 0.05) is 42.5 Å². The van der Waals surface area contributed by atoms with E-state index in [9.17, 15) is 9.59 Å². The summed E-state index contributed by atoms with van der Waals surface area (Å²) >= 11 is 11.5. The molecule has 1 aromatic rings. The maximum atomic E-state index is 11.9. The van der Waals surface area contributed by atoms with Gasteiger partial charge in [-0.15, -0.1) is 23.2 Å². The average Bonchev–Trinajstić information content (AvgIpc) is 2.44. The van der Waals surface area contributed by atoms with Gasteiger partial charge in [-0.2, -0.15) is 0 Å². The lowest BCUT2D eigenvalue weighted by Gasteiger charge is -2.23. The van der Waals surface area contributed by atoms with Crippen LogP contribution >= 0.6 is 23.2 Å². The fraction of sp³-hybridized carbons (Fsp3) is 0.429. The molecule has 20 heavy (non-hydrogen) atoms. The topological polar surface area (TPSA) is 57.6 Å². The molecule has 0 fully saturated rings. The Morgan fingerprint density at radius 2 is 1.75 bits per heavy atom. The number of carbonyl (C=O) groups excluding carboxylic acids is 1. The summed E-state index contributed by atoms with van der Waals surface area (Å²) in [6.45, 7) is 1.28. The lowest BCUT2D eigenvalue weighted by molar-refractivity contribution is -0.136. The van der Waals surface area contributed by atoms with E-state index in [4.69, 9.17) is 28.3 Å². The molecule has 1 aromatic carbocycles. The van der Waals surface area contributed by atoms with Crippen LogP contribution in [0.25, 0.3) is 0 Å². The molecule has 110 valence electrons. The summed E-state index contributed by atoms with van der Waals surface area (Å²) < 4.78 is 0. The van der Waals surface area contributed by atoms with Gasteiger partial charge < -0.3 is 10.0 Å². The van der Waals surface area contributed by atoms with Crippen molar-refractivity contribution < 1.29 is 14.7 Å². The second-order valence-electron chi connectivity index (χ2n) is 4.23. The number of rotatable bonds is 9. The zero-order valence-corrected chi connectivity index (χ0v) is 12.5. The number of benzene rings is 1. The van der Waals surface area contributed by atoms with Crippen LogP contribution in [0.3, 0.4) is 0 Å². The van der Waals surface area contributed by atoms with E-state index in [1.54, 1.807) is 18.2 Å². The standard InChI is InChI=1S/C14H17Cl2NO3/c15-6-8-17(9-7-16)12-3-1-2-11(10-12)13(18)4-5-14(19)20/h1-3,10H,4-9H2,(H,19,20). The smallest absolute Gasteiger partial charge is 0.303 e. The number of aliphatic carboxylic acids is 1. The summed E-state index contributed by atoms with van der Waals surface area (Å²) in [6, 6.07) is 7.10. The molecule has 0 amide bonds. The summed E-state index contributed by atoms with van der Waals surface area (Å²) in [5, 5.41) is 8.60. The van der Waals surface area contributed by atoms with Crippen LogP contribution in [0, 0.1) is 0 Å². The number of carboxylic acids is 1. The normalized spacial score (nSPS) is 10.3. The molecule has 0 bridgehead atoms. The Balaban J connectivity index is 2.82. The van der Waals surface area contributed by atoms with Gasteiger partial charge in [0.25, 0.3) is 0 Å². The molecule has 6 heteroatoms. The molecule has 0 aliphatic heterocycles. The second kappa shape index (κ2) is 8.82. The minimum atomic E-state index is -0.972. The summed E-state index contributed by atoms with van der Waals surface area (Å²) in [4.78, 5) is 24.4. The minimum absolute atomic E-state index is 0.00377. The first-order chi connectivity index (χ1) is 9.58. The number of hydrogen-bond acceptors (Lipinski definition) is 3. The number of nitrogens with zero attached hydrogens (tertiary/aromatic N) is 1. The number of ketones is 1. The molecule has 0 saturated heterocycles. The lowest BCUT2D eigenvalue weighted by atomic mass is 10.1. The van der Waals surface area contributed by atoms with Crippen LogP contribution in [0.1, 0.15) is 23.2 Å². The molecule has 0 saturated carbocycles. The van der Waals surface area contributed by atoms with Crippen molar-refractivity contribution >= 4 is 40.6 Å². The predicted molar refractivity (Wildman–Crippen MR) is 81.3 cm³/mol. The number of carbonyl (C=O) groups is 2. The molecular formula is C14H17Cl2NO3. The van der Waals surface area contributed by atoms with Gasteiger partial charge in [0.2, 0.25) is 0 Å². The summed E-state index contributed by atoms with van der Waals surface area (Å²) in [5.74, 6) is -0.214. The molecule has 0 aliphatic carbocycles. The maximum absolute atomic E-state index is 11.9. The van der Waals surface area contributed by atoms with Gasteiger partial charge in [-0.3, -0.25) is 9.59 Å². The van der Waals surface area contributed by atoms with Crippen LogP contribution in [0.5, 0.6) is 0 Å². The maximum Gasteiger partial charge on any atom is 0.303 e. The van der Waals surface area contributed by atoms with Crippen molar-refractivity contribution in [3.8, 4) is 0 Å². The van der Waals surface area contributed by atoms with E-state index in [0.717, 1.165) is 5.69 Å². The molecule has 1 N–H and O–H groups in total. The molecule has 0 spiro atoms.